The van der Waals surface area contributed by atoms with E-state index in [0.717, 1.165) is 0 Å². The minimum absolute atomic E-state index is 0.250. The lowest BCUT2D eigenvalue weighted by Crippen LogP contribution is -2.38. The third-order valence-electron chi connectivity index (χ3n) is 2.63. The standard InChI is InChI=1S/C16H22ClN3O2S/c1-7-9-11-12(17)18-14(23-6)19-13(11)20(10-8-2)15(21)22-16(3,4)5/h7-8H,1-2,9-10H2,3-6H3. The molecule has 0 spiro atoms. The Hall–Kier alpha value is -1.53. The quantitative estimate of drug-likeness (QED) is 0.325. The van der Waals surface area contributed by atoms with Gasteiger partial charge in [0.1, 0.15) is 16.6 Å². The van der Waals surface area contributed by atoms with Gasteiger partial charge in [0.05, 0.1) is 0 Å². The van der Waals surface area contributed by atoms with Gasteiger partial charge in [-0.15, -0.1) is 13.2 Å². The van der Waals surface area contributed by atoms with E-state index in [0.29, 0.717) is 28.1 Å². The van der Waals surface area contributed by atoms with E-state index in [2.05, 4.69) is 23.1 Å². The average Bonchev–Trinajstić information content (AvgIpc) is 2.45. The first-order valence-electron chi connectivity index (χ1n) is 7.06. The summed E-state index contributed by atoms with van der Waals surface area (Å²) >= 11 is 7.60. The predicted octanol–water partition coefficient (Wildman–Crippen LogP) is 4.51. The third kappa shape index (κ3) is 5.55. The van der Waals surface area contributed by atoms with Crippen LogP contribution in [0.25, 0.3) is 0 Å². The molecule has 1 aromatic rings. The Morgan fingerprint density at radius 1 is 1.35 bits per heavy atom. The summed E-state index contributed by atoms with van der Waals surface area (Å²) in [4.78, 5) is 22.6. The summed E-state index contributed by atoms with van der Waals surface area (Å²) in [5.41, 5.74) is 0.0148. The molecule has 1 aromatic heterocycles. The van der Waals surface area contributed by atoms with Crippen molar-refractivity contribution < 1.29 is 9.53 Å². The summed E-state index contributed by atoms with van der Waals surface area (Å²) in [6.45, 7) is 13.1. The molecule has 5 nitrogen and oxygen atoms in total. The zero-order chi connectivity index (χ0) is 17.6. The largest absolute Gasteiger partial charge is 0.443 e. The molecule has 0 aliphatic rings. The summed E-state index contributed by atoms with van der Waals surface area (Å²) in [5.74, 6) is 0.420. The molecule has 1 heterocycles. The van der Waals surface area contributed by atoms with E-state index >= 15 is 0 Å². The van der Waals surface area contributed by atoms with Gasteiger partial charge >= 0.3 is 6.09 Å². The maximum absolute atomic E-state index is 12.5. The number of aromatic nitrogens is 2. The van der Waals surface area contributed by atoms with Crippen LogP contribution in [0, 0.1) is 0 Å². The molecular weight excluding hydrogens is 334 g/mol. The summed E-state index contributed by atoms with van der Waals surface area (Å²) in [5, 5.41) is 0.785. The molecule has 1 amide bonds. The van der Waals surface area contributed by atoms with E-state index in [1.54, 1.807) is 12.2 Å². The molecule has 126 valence electrons. The number of anilines is 1. The van der Waals surface area contributed by atoms with E-state index in [1.807, 2.05) is 27.0 Å². The number of allylic oxidation sites excluding steroid dienone is 1. The molecule has 0 N–H and O–H groups in total. The molecule has 0 unspecified atom stereocenters. The van der Waals surface area contributed by atoms with Gasteiger partial charge in [-0.05, 0) is 33.4 Å². The minimum Gasteiger partial charge on any atom is -0.443 e. The first-order valence-corrected chi connectivity index (χ1v) is 8.66. The number of halogens is 1. The van der Waals surface area contributed by atoms with Crippen molar-refractivity contribution in [2.45, 2.75) is 37.9 Å². The molecule has 23 heavy (non-hydrogen) atoms. The molecule has 0 bridgehead atoms. The smallest absolute Gasteiger partial charge is 0.416 e. The van der Waals surface area contributed by atoms with Crippen LogP contribution in [-0.4, -0.2) is 34.5 Å². The first-order chi connectivity index (χ1) is 10.7. The number of thioether (sulfide) groups is 1. The topological polar surface area (TPSA) is 55.3 Å². The normalized spacial score (nSPS) is 11.0. The van der Waals surface area contributed by atoms with Crippen molar-refractivity contribution in [1.82, 2.24) is 9.97 Å². The van der Waals surface area contributed by atoms with Gasteiger partial charge in [-0.1, -0.05) is 35.5 Å². The van der Waals surface area contributed by atoms with Crippen LogP contribution in [0.3, 0.4) is 0 Å². The van der Waals surface area contributed by atoms with Crippen molar-refractivity contribution in [3.05, 3.63) is 36.0 Å². The Morgan fingerprint density at radius 2 is 2.00 bits per heavy atom. The Bertz CT molecular complexity index is 600. The number of ether oxygens (including phenoxy) is 1. The van der Waals surface area contributed by atoms with Crippen molar-refractivity contribution >= 4 is 35.3 Å². The highest BCUT2D eigenvalue weighted by Gasteiger charge is 2.27. The average molecular weight is 356 g/mol. The maximum atomic E-state index is 12.5. The summed E-state index contributed by atoms with van der Waals surface area (Å²) in [7, 11) is 0. The SMILES string of the molecule is C=CCc1c(Cl)nc(SC)nc1N(CC=C)C(=O)OC(C)(C)C. The number of carbonyl (C=O) groups is 1. The lowest BCUT2D eigenvalue weighted by Gasteiger charge is -2.27. The fourth-order valence-corrected chi connectivity index (χ4v) is 2.41. The molecule has 1 rings (SSSR count). The van der Waals surface area contributed by atoms with Crippen LogP contribution in [0.2, 0.25) is 5.15 Å². The van der Waals surface area contributed by atoms with Crippen molar-refractivity contribution in [2.75, 3.05) is 17.7 Å². The van der Waals surface area contributed by atoms with Crippen LogP contribution >= 0.6 is 23.4 Å². The van der Waals surface area contributed by atoms with Crippen LogP contribution < -0.4 is 4.90 Å². The fraction of sp³-hybridized carbons (Fsp3) is 0.438. The van der Waals surface area contributed by atoms with Crippen molar-refractivity contribution in [3.63, 3.8) is 0 Å². The summed E-state index contributed by atoms with van der Waals surface area (Å²) in [6.07, 6.45) is 5.07. The lowest BCUT2D eigenvalue weighted by atomic mass is 10.2. The van der Waals surface area contributed by atoms with Gasteiger partial charge in [-0.3, -0.25) is 4.90 Å². The highest BCUT2D eigenvalue weighted by molar-refractivity contribution is 7.98. The molecule has 0 radical (unpaired) electrons. The third-order valence-corrected chi connectivity index (χ3v) is 3.49. The number of amides is 1. The van der Waals surface area contributed by atoms with Gasteiger partial charge in [-0.2, -0.15) is 0 Å². The number of carbonyl (C=O) groups excluding carboxylic acids is 1. The Kier molecular flexibility index (Phi) is 7.09. The van der Waals surface area contributed by atoms with Crippen molar-refractivity contribution in [1.29, 1.82) is 0 Å². The molecule has 0 aromatic carbocycles. The zero-order valence-electron chi connectivity index (χ0n) is 13.9. The fourth-order valence-electron chi connectivity index (χ4n) is 1.75. The van der Waals surface area contributed by atoms with Crippen molar-refractivity contribution in [2.24, 2.45) is 0 Å². The Morgan fingerprint density at radius 3 is 2.48 bits per heavy atom. The lowest BCUT2D eigenvalue weighted by molar-refractivity contribution is 0.0583. The van der Waals surface area contributed by atoms with Gasteiger partial charge in [0.15, 0.2) is 5.16 Å². The molecule has 0 aliphatic carbocycles. The van der Waals surface area contributed by atoms with E-state index in [-0.39, 0.29) is 6.54 Å². The Balaban J connectivity index is 3.39. The van der Waals surface area contributed by atoms with Crippen LogP contribution in [0.4, 0.5) is 10.6 Å². The monoisotopic (exact) mass is 355 g/mol. The van der Waals surface area contributed by atoms with Gasteiger partial charge < -0.3 is 4.74 Å². The Labute approximate surface area is 146 Å². The molecule has 0 saturated carbocycles. The number of nitrogens with zero attached hydrogens (tertiary/aromatic N) is 3. The van der Waals surface area contributed by atoms with Crippen LogP contribution in [-0.2, 0) is 11.2 Å². The molecule has 0 saturated heterocycles. The second-order valence-electron chi connectivity index (χ2n) is 5.68. The number of rotatable bonds is 6. The molecular formula is C16H22ClN3O2S. The molecule has 0 atom stereocenters. The van der Waals surface area contributed by atoms with Crippen LogP contribution in [0.1, 0.15) is 26.3 Å². The summed E-state index contributed by atoms with van der Waals surface area (Å²) < 4.78 is 5.46. The van der Waals surface area contributed by atoms with Crippen molar-refractivity contribution in [3.8, 4) is 0 Å². The minimum atomic E-state index is -0.617. The van der Waals surface area contributed by atoms with Crippen LogP contribution in [0.5, 0.6) is 0 Å². The molecule has 0 fully saturated rings. The van der Waals surface area contributed by atoms with Gasteiger partial charge in [0, 0.05) is 12.1 Å². The highest BCUT2D eigenvalue weighted by atomic mass is 35.5. The second-order valence-corrected chi connectivity index (χ2v) is 6.81. The predicted molar refractivity (Wildman–Crippen MR) is 96.5 cm³/mol. The maximum Gasteiger partial charge on any atom is 0.416 e. The number of hydrogen-bond acceptors (Lipinski definition) is 5. The summed E-state index contributed by atoms with van der Waals surface area (Å²) in [6, 6.07) is 0. The molecule has 0 aliphatic heterocycles. The first kappa shape index (κ1) is 19.5. The highest BCUT2D eigenvalue weighted by Crippen LogP contribution is 2.29. The second kappa shape index (κ2) is 8.36. The van der Waals surface area contributed by atoms with E-state index < -0.39 is 11.7 Å². The van der Waals surface area contributed by atoms with E-state index in [9.17, 15) is 4.79 Å². The van der Waals surface area contributed by atoms with Gasteiger partial charge in [0.2, 0.25) is 0 Å². The number of hydrogen-bond donors (Lipinski definition) is 0. The van der Waals surface area contributed by atoms with E-state index in [4.69, 9.17) is 16.3 Å². The van der Waals surface area contributed by atoms with E-state index in [1.165, 1.54) is 16.7 Å². The van der Waals surface area contributed by atoms with Gasteiger partial charge in [0.25, 0.3) is 0 Å². The van der Waals surface area contributed by atoms with Crippen LogP contribution in [0.15, 0.2) is 30.5 Å². The van der Waals surface area contributed by atoms with Gasteiger partial charge in [-0.25, -0.2) is 14.8 Å². The molecule has 7 heteroatoms. The zero-order valence-corrected chi connectivity index (χ0v) is 15.5.